The van der Waals surface area contributed by atoms with E-state index in [4.69, 9.17) is 29.2 Å². The van der Waals surface area contributed by atoms with E-state index in [1.165, 1.54) is 84.2 Å². The number of methoxy groups -OCH3 is 1. The van der Waals surface area contributed by atoms with Crippen molar-refractivity contribution in [1.29, 1.82) is 0 Å². The summed E-state index contributed by atoms with van der Waals surface area (Å²) in [6.45, 7) is 4.05. The minimum absolute atomic E-state index is 0.0823. The highest BCUT2D eigenvalue weighted by molar-refractivity contribution is 7.40. The van der Waals surface area contributed by atoms with Gasteiger partial charge in [0.1, 0.15) is 26.3 Å². The third-order valence-electron chi connectivity index (χ3n) is 5.01. The summed E-state index contributed by atoms with van der Waals surface area (Å²) in [4.78, 5) is 14.3. The van der Waals surface area contributed by atoms with Crippen molar-refractivity contribution < 1.29 is 37.9 Å². The highest BCUT2D eigenvalue weighted by Crippen LogP contribution is 2.33. The van der Waals surface area contributed by atoms with Crippen LogP contribution in [-0.2, 0) is 33.0 Å². The first-order chi connectivity index (χ1) is 16.2. The second-order valence-electron chi connectivity index (χ2n) is 8.11. The van der Waals surface area contributed by atoms with Crippen LogP contribution in [0.2, 0.25) is 0 Å². The van der Waals surface area contributed by atoms with Crippen molar-refractivity contribution in [3.63, 3.8) is 0 Å². The molecule has 0 spiro atoms. The van der Waals surface area contributed by atoms with Gasteiger partial charge in [-0.1, -0.05) is 84.0 Å². The van der Waals surface area contributed by atoms with E-state index in [0.29, 0.717) is 13.2 Å². The molecule has 0 aromatic carbocycles. The zero-order chi connectivity index (χ0) is 24.2. The van der Waals surface area contributed by atoms with Crippen molar-refractivity contribution in [3.8, 4) is 0 Å². The number of hydrogen-bond donors (Lipinski definition) is 2. The minimum Gasteiger partial charge on any atom is -0.359 e. The van der Waals surface area contributed by atoms with E-state index in [0.717, 1.165) is 6.42 Å². The number of nitrogens with two attached hydrogens (primary N) is 1. The van der Waals surface area contributed by atoms with Crippen LogP contribution in [0, 0.1) is 0 Å². The Morgan fingerprint density at radius 3 is 1.94 bits per heavy atom. The minimum atomic E-state index is -2.53. The third-order valence-corrected chi connectivity index (χ3v) is 5.68. The Kier molecular flexibility index (Phi) is 28.4. The standard InChI is InChI=1S/C23H51NO8P/c1-3-4-5-6-7-8-9-10-11-12-13-14-15-17-27-22-28-19-23(29-21-26-2)20-31-33(25)32-30-18-16-24/h23,25,33H,3-22,24H2,1-2H3/q+1. The van der Waals surface area contributed by atoms with Gasteiger partial charge in [0, 0.05) is 20.3 Å². The third kappa shape index (κ3) is 26.5. The van der Waals surface area contributed by atoms with Crippen LogP contribution in [0.1, 0.15) is 90.4 Å². The highest BCUT2D eigenvalue weighted by Gasteiger charge is 2.21. The second-order valence-corrected chi connectivity index (χ2v) is 9.09. The van der Waals surface area contributed by atoms with Crippen LogP contribution in [0.25, 0.3) is 0 Å². The van der Waals surface area contributed by atoms with Crippen molar-refractivity contribution in [3.05, 3.63) is 0 Å². The molecule has 0 saturated heterocycles. The normalized spacial score (nSPS) is 13.5. The Labute approximate surface area is 202 Å². The summed E-state index contributed by atoms with van der Waals surface area (Å²) >= 11 is 0. The van der Waals surface area contributed by atoms with Crippen molar-refractivity contribution in [2.24, 2.45) is 5.73 Å². The zero-order valence-corrected chi connectivity index (χ0v) is 22.1. The van der Waals surface area contributed by atoms with Crippen LogP contribution in [-0.4, -0.2) is 64.7 Å². The molecule has 3 N–H and O–H groups in total. The van der Waals surface area contributed by atoms with Crippen LogP contribution >= 0.6 is 8.60 Å². The van der Waals surface area contributed by atoms with E-state index < -0.39 is 14.7 Å². The van der Waals surface area contributed by atoms with E-state index in [-0.39, 0.29) is 33.4 Å². The molecule has 10 heteroatoms. The monoisotopic (exact) mass is 500 g/mol. The van der Waals surface area contributed by atoms with Gasteiger partial charge in [0.2, 0.25) is 0 Å². The molecule has 0 aliphatic heterocycles. The van der Waals surface area contributed by atoms with Crippen LogP contribution in [0.3, 0.4) is 0 Å². The Bertz CT molecular complexity index is 371. The van der Waals surface area contributed by atoms with Crippen LogP contribution < -0.4 is 5.73 Å². The Balaban J connectivity index is 3.48. The molecule has 0 aliphatic rings. The van der Waals surface area contributed by atoms with Gasteiger partial charge in [-0.15, -0.1) is 0 Å². The molecule has 2 unspecified atom stereocenters. The quantitative estimate of drug-likeness (QED) is 0.0508. The Morgan fingerprint density at radius 1 is 0.758 bits per heavy atom. The Hall–Kier alpha value is 0.0700. The summed E-state index contributed by atoms with van der Waals surface area (Å²) in [7, 11) is -0.997. The van der Waals surface area contributed by atoms with E-state index in [2.05, 4.69) is 16.5 Å². The van der Waals surface area contributed by atoms with Crippen LogP contribution in [0.15, 0.2) is 0 Å². The molecule has 2 atom stereocenters. The number of rotatable bonds is 28. The predicted octanol–water partition coefficient (Wildman–Crippen LogP) is 4.93. The molecule has 33 heavy (non-hydrogen) atoms. The fourth-order valence-electron chi connectivity index (χ4n) is 3.16. The first-order valence-corrected chi connectivity index (χ1v) is 13.9. The van der Waals surface area contributed by atoms with Crippen molar-refractivity contribution in [2.45, 2.75) is 96.5 Å². The van der Waals surface area contributed by atoms with Crippen LogP contribution in [0.5, 0.6) is 0 Å². The molecular formula is C23H51NO8P+. The molecule has 0 aromatic rings. The van der Waals surface area contributed by atoms with Gasteiger partial charge in [-0.25, -0.2) is 0 Å². The van der Waals surface area contributed by atoms with Crippen molar-refractivity contribution in [1.82, 2.24) is 0 Å². The number of ether oxygens (including phenoxy) is 4. The SMILES string of the molecule is CCCCCCCCCCCCCCCOCOCC(CO[PH+](O)OOCCN)OCOC. The molecule has 200 valence electrons. The fraction of sp³-hybridized carbons (Fsp3) is 1.00. The Morgan fingerprint density at radius 2 is 1.36 bits per heavy atom. The van der Waals surface area contributed by atoms with Crippen molar-refractivity contribution in [2.75, 3.05) is 53.7 Å². The van der Waals surface area contributed by atoms with Gasteiger partial charge in [-0.05, 0) is 11.1 Å². The maximum atomic E-state index is 9.61. The molecule has 0 saturated carbocycles. The summed E-state index contributed by atoms with van der Waals surface area (Å²) in [6, 6.07) is 0. The molecule has 9 nitrogen and oxygen atoms in total. The average molecular weight is 501 g/mol. The van der Waals surface area contributed by atoms with Crippen molar-refractivity contribution >= 4 is 8.60 Å². The molecule has 0 rings (SSSR count). The molecule has 0 fully saturated rings. The van der Waals surface area contributed by atoms with E-state index in [1.54, 1.807) is 0 Å². The smallest absolute Gasteiger partial charge is 0.359 e. The first kappa shape index (κ1) is 33.1. The molecule has 0 heterocycles. The fourth-order valence-corrected chi connectivity index (χ4v) is 3.72. The lowest BCUT2D eigenvalue weighted by Crippen LogP contribution is -2.26. The zero-order valence-electron chi connectivity index (χ0n) is 21.1. The lowest BCUT2D eigenvalue weighted by Gasteiger charge is -2.16. The lowest BCUT2D eigenvalue weighted by molar-refractivity contribution is -0.214. The van der Waals surface area contributed by atoms with E-state index >= 15 is 0 Å². The molecular weight excluding hydrogens is 449 g/mol. The van der Waals surface area contributed by atoms with Crippen LogP contribution in [0.4, 0.5) is 0 Å². The molecule has 0 aromatic heterocycles. The van der Waals surface area contributed by atoms with Gasteiger partial charge in [-0.2, -0.15) is 14.3 Å². The summed E-state index contributed by atoms with van der Waals surface area (Å²) < 4.78 is 31.3. The van der Waals surface area contributed by atoms with Gasteiger partial charge < -0.3 is 24.7 Å². The van der Waals surface area contributed by atoms with E-state index in [9.17, 15) is 4.89 Å². The second kappa shape index (κ2) is 28.3. The molecule has 0 amide bonds. The topological polar surface area (TPSA) is 111 Å². The number of unbranched alkanes of at least 4 members (excludes halogenated alkanes) is 12. The number of hydrogen-bond acceptors (Lipinski definition) is 9. The lowest BCUT2D eigenvalue weighted by atomic mass is 10.0. The van der Waals surface area contributed by atoms with Gasteiger partial charge >= 0.3 is 8.60 Å². The average Bonchev–Trinajstić information content (AvgIpc) is 2.82. The maximum absolute atomic E-state index is 9.61. The summed E-state index contributed by atoms with van der Waals surface area (Å²) in [5.74, 6) is 0. The van der Waals surface area contributed by atoms with Gasteiger partial charge in [-0.3, -0.25) is 0 Å². The summed E-state index contributed by atoms with van der Waals surface area (Å²) in [5.41, 5.74) is 5.27. The van der Waals surface area contributed by atoms with Gasteiger partial charge in [0.05, 0.1) is 13.2 Å². The first-order valence-electron chi connectivity index (χ1n) is 12.7. The van der Waals surface area contributed by atoms with Gasteiger partial charge in [0.15, 0.2) is 0 Å². The van der Waals surface area contributed by atoms with Gasteiger partial charge in [0.25, 0.3) is 0 Å². The van der Waals surface area contributed by atoms with E-state index in [1.807, 2.05) is 0 Å². The summed E-state index contributed by atoms with van der Waals surface area (Å²) in [6.07, 6.45) is 16.9. The predicted molar refractivity (Wildman–Crippen MR) is 132 cm³/mol. The molecule has 0 bridgehead atoms. The molecule has 0 radical (unpaired) electrons. The molecule has 0 aliphatic carbocycles. The maximum Gasteiger partial charge on any atom is 0.435 e. The summed E-state index contributed by atoms with van der Waals surface area (Å²) in [5, 5.41) is 0. The largest absolute Gasteiger partial charge is 0.435 e. The highest BCUT2D eigenvalue weighted by atomic mass is 31.2.